The lowest BCUT2D eigenvalue weighted by Crippen LogP contribution is -2.27. The molecule has 5 heteroatoms. The number of carbonyl (C=O) groups is 1. The van der Waals surface area contributed by atoms with Gasteiger partial charge in [-0.1, -0.05) is 6.07 Å². The van der Waals surface area contributed by atoms with E-state index in [1.165, 1.54) is 0 Å². The molecule has 1 amide bonds. The van der Waals surface area contributed by atoms with Gasteiger partial charge in [0, 0.05) is 20.6 Å². The van der Waals surface area contributed by atoms with Crippen LogP contribution in [0.25, 0.3) is 11.0 Å². The van der Waals surface area contributed by atoms with Crippen LogP contribution in [0.1, 0.15) is 11.4 Å². The van der Waals surface area contributed by atoms with E-state index in [0.29, 0.717) is 6.54 Å². The van der Waals surface area contributed by atoms with Gasteiger partial charge >= 0.3 is 0 Å². The number of alkyl halides is 1. The third-order valence-electron chi connectivity index (χ3n) is 3.13. The van der Waals surface area contributed by atoms with E-state index in [2.05, 4.69) is 4.98 Å². The number of hydrogen-bond donors (Lipinski definition) is 0. The first-order chi connectivity index (χ1) is 8.52. The van der Waals surface area contributed by atoms with Crippen molar-refractivity contribution in [1.82, 2.24) is 14.5 Å². The zero-order valence-corrected chi connectivity index (χ0v) is 11.5. The van der Waals surface area contributed by atoms with E-state index in [9.17, 15) is 4.79 Å². The minimum Gasteiger partial charge on any atom is -0.340 e. The molecule has 0 N–H and O–H groups in total. The molecule has 2 rings (SSSR count). The Balaban J connectivity index is 2.28. The SMILES string of the molecule is Cc1nc2cc(CN(C)C(=O)CCl)ccc2n1C. The second kappa shape index (κ2) is 4.98. The largest absolute Gasteiger partial charge is 0.340 e. The fraction of sp³-hybridized carbons (Fsp3) is 0.385. The van der Waals surface area contributed by atoms with Crippen molar-refractivity contribution in [3.8, 4) is 0 Å². The average Bonchev–Trinajstić information content (AvgIpc) is 2.63. The van der Waals surface area contributed by atoms with Crippen molar-refractivity contribution in [3.63, 3.8) is 0 Å². The Morgan fingerprint density at radius 3 is 2.89 bits per heavy atom. The normalized spacial score (nSPS) is 10.9. The molecule has 0 aliphatic heterocycles. The van der Waals surface area contributed by atoms with E-state index >= 15 is 0 Å². The second-order valence-corrected chi connectivity index (χ2v) is 4.69. The smallest absolute Gasteiger partial charge is 0.237 e. The second-order valence-electron chi connectivity index (χ2n) is 4.42. The number of fused-ring (bicyclic) bond motifs is 1. The predicted molar refractivity (Wildman–Crippen MR) is 72.6 cm³/mol. The van der Waals surface area contributed by atoms with Gasteiger partial charge in [0.1, 0.15) is 11.7 Å². The Hall–Kier alpha value is -1.55. The van der Waals surface area contributed by atoms with Gasteiger partial charge in [-0.15, -0.1) is 11.6 Å². The molecule has 0 atom stereocenters. The van der Waals surface area contributed by atoms with Gasteiger partial charge in [0.15, 0.2) is 0 Å². The van der Waals surface area contributed by atoms with Gasteiger partial charge in [0.05, 0.1) is 11.0 Å². The van der Waals surface area contributed by atoms with Gasteiger partial charge in [-0.2, -0.15) is 0 Å². The van der Waals surface area contributed by atoms with E-state index in [1.54, 1.807) is 11.9 Å². The fourth-order valence-electron chi connectivity index (χ4n) is 1.93. The van der Waals surface area contributed by atoms with Crippen molar-refractivity contribution in [2.45, 2.75) is 13.5 Å². The van der Waals surface area contributed by atoms with Crippen LogP contribution in [0.15, 0.2) is 18.2 Å². The topological polar surface area (TPSA) is 38.1 Å². The fourth-order valence-corrected chi connectivity index (χ4v) is 2.13. The van der Waals surface area contributed by atoms with Gasteiger partial charge in [-0.25, -0.2) is 4.98 Å². The monoisotopic (exact) mass is 265 g/mol. The molecular formula is C13H16ClN3O. The Morgan fingerprint density at radius 1 is 1.50 bits per heavy atom. The molecule has 0 saturated carbocycles. The minimum atomic E-state index is -0.0750. The first-order valence-corrected chi connectivity index (χ1v) is 6.28. The summed E-state index contributed by atoms with van der Waals surface area (Å²) in [4.78, 5) is 17.5. The van der Waals surface area contributed by atoms with E-state index in [-0.39, 0.29) is 11.8 Å². The van der Waals surface area contributed by atoms with Crippen LogP contribution in [-0.4, -0.2) is 33.3 Å². The van der Waals surface area contributed by atoms with Crippen molar-refractivity contribution in [2.24, 2.45) is 7.05 Å². The van der Waals surface area contributed by atoms with E-state index in [1.807, 2.05) is 36.7 Å². The summed E-state index contributed by atoms with van der Waals surface area (Å²) in [6.45, 7) is 2.53. The molecule has 1 aromatic heterocycles. The number of halogens is 1. The lowest BCUT2D eigenvalue weighted by Gasteiger charge is -2.15. The molecular weight excluding hydrogens is 250 g/mol. The lowest BCUT2D eigenvalue weighted by molar-refractivity contribution is -0.127. The Morgan fingerprint density at radius 2 is 2.22 bits per heavy atom. The Labute approximate surface area is 111 Å². The summed E-state index contributed by atoms with van der Waals surface area (Å²) >= 11 is 5.53. The highest BCUT2D eigenvalue weighted by Crippen LogP contribution is 2.17. The van der Waals surface area contributed by atoms with Gasteiger partial charge in [0.25, 0.3) is 0 Å². The van der Waals surface area contributed by atoms with Crippen LogP contribution in [0.2, 0.25) is 0 Å². The molecule has 96 valence electrons. The minimum absolute atomic E-state index is 0.0153. The van der Waals surface area contributed by atoms with Crippen LogP contribution in [0.4, 0.5) is 0 Å². The molecule has 0 saturated heterocycles. The van der Waals surface area contributed by atoms with E-state index in [4.69, 9.17) is 11.6 Å². The molecule has 0 bridgehead atoms. The van der Waals surface area contributed by atoms with E-state index < -0.39 is 0 Å². The number of aromatic nitrogens is 2. The van der Waals surface area contributed by atoms with Crippen LogP contribution in [0, 0.1) is 6.92 Å². The summed E-state index contributed by atoms with van der Waals surface area (Å²) < 4.78 is 2.05. The maximum atomic E-state index is 11.4. The summed E-state index contributed by atoms with van der Waals surface area (Å²) in [5.74, 6) is 0.919. The number of benzene rings is 1. The van der Waals surface area contributed by atoms with Crippen LogP contribution in [0.3, 0.4) is 0 Å². The van der Waals surface area contributed by atoms with Crippen molar-refractivity contribution in [3.05, 3.63) is 29.6 Å². The summed E-state index contributed by atoms with van der Waals surface area (Å²) in [7, 11) is 3.74. The zero-order valence-electron chi connectivity index (χ0n) is 10.8. The molecule has 1 heterocycles. The van der Waals surface area contributed by atoms with E-state index in [0.717, 1.165) is 22.4 Å². The molecule has 4 nitrogen and oxygen atoms in total. The van der Waals surface area contributed by atoms with Gasteiger partial charge < -0.3 is 9.47 Å². The summed E-state index contributed by atoms with van der Waals surface area (Å²) in [5.41, 5.74) is 3.11. The number of nitrogens with zero attached hydrogens (tertiary/aromatic N) is 3. The number of hydrogen-bond acceptors (Lipinski definition) is 2. The maximum Gasteiger partial charge on any atom is 0.237 e. The molecule has 0 unspecified atom stereocenters. The van der Waals surface area contributed by atoms with Gasteiger partial charge in [0.2, 0.25) is 5.91 Å². The number of amides is 1. The third kappa shape index (κ3) is 2.34. The van der Waals surface area contributed by atoms with Crippen molar-refractivity contribution in [1.29, 1.82) is 0 Å². The van der Waals surface area contributed by atoms with Crippen LogP contribution < -0.4 is 0 Å². The highest BCUT2D eigenvalue weighted by molar-refractivity contribution is 6.27. The highest BCUT2D eigenvalue weighted by Gasteiger charge is 2.09. The molecule has 18 heavy (non-hydrogen) atoms. The molecule has 2 aromatic rings. The zero-order chi connectivity index (χ0) is 13.3. The quantitative estimate of drug-likeness (QED) is 0.797. The van der Waals surface area contributed by atoms with Gasteiger partial charge in [-0.05, 0) is 24.6 Å². The molecule has 0 aliphatic carbocycles. The van der Waals surface area contributed by atoms with Crippen molar-refractivity contribution in [2.75, 3.05) is 12.9 Å². The molecule has 0 radical (unpaired) electrons. The number of carbonyl (C=O) groups excluding carboxylic acids is 1. The van der Waals surface area contributed by atoms with Crippen LogP contribution in [-0.2, 0) is 18.4 Å². The third-order valence-corrected chi connectivity index (χ3v) is 3.36. The Kier molecular flexibility index (Phi) is 3.57. The van der Waals surface area contributed by atoms with Crippen molar-refractivity contribution < 1.29 is 4.79 Å². The lowest BCUT2D eigenvalue weighted by atomic mass is 10.2. The number of imidazole rings is 1. The number of aryl methyl sites for hydroxylation is 2. The molecule has 0 spiro atoms. The standard InChI is InChI=1S/C13H16ClN3O/c1-9-15-11-6-10(4-5-12(11)17(9)3)8-16(2)13(18)7-14/h4-6H,7-8H2,1-3H3. The first-order valence-electron chi connectivity index (χ1n) is 5.75. The maximum absolute atomic E-state index is 11.4. The highest BCUT2D eigenvalue weighted by atomic mass is 35.5. The molecule has 0 aliphatic rings. The summed E-state index contributed by atoms with van der Waals surface area (Å²) in [6, 6.07) is 6.06. The van der Waals surface area contributed by atoms with Crippen molar-refractivity contribution >= 4 is 28.5 Å². The molecule has 0 fully saturated rings. The predicted octanol–water partition coefficient (Wildman–Crippen LogP) is 2.08. The first kappa shape index (κ1) is 12.9. The summed E-state index contributed by atoms with van der Waals surface area (Å²) in [6.07, 6.45) is 0. The number of rotatable bonds is 3. The van der Waals surface area contributed by atoms with Crippen LogP contribution >= 0.6 is 11.6 Å². The summed E-state index contributed by atoms with van der Waals surface area (Å²) in [5, 5.41) is 0. The average molecular weight is 266 g/mol. The van der Waals surface area contributed by atoms with Crippen LogP contribution in [0.5, 0.6) is 0 Å². The molecule has 1 aromatic carbocycles. The Bertz CT molecular complexity index is 591. The van der Waals surface area contributed by atoms with Gasteiger partial charge in [-0.3, -0.25) is 4.79 Å².